The fourth-order valence-corrected chi connectivity index (χ4v) is 3.04. The van der Waals surface area contributed by atoms with E-state index in [1.165, 1.54) is 16.8 Å². The maximum absolute atomic E-state index is 14.1. The molecular weight excluding hydrogens is 286 g/mol. The van der Waals surface area contributed by atoms with Crippen molar-refractivity contribution < 1.29 is 10.2 Å². The number of hydrogen-bond acceptors (Lipinski definition) is 3. The van der Waals surface area contributed by atoms with E-state index in [0.29, 0.717) is 23.6 Å². The zero-order chi connectivity index (χ0) is 16.0. The van der Waals surface area contributed by atoms with Crippen LogP contribution in [0, 0.1) is 11.6 Å². The van der Waals surface area contributed by atoms with Crippen molar-refractivity contribution in [2.45, 2.75) is 18.9 Å². The van der Waals surface area contributed by atoms with Gasteiger partial charge in [-0.15, -0.1) is 0 Å². The topological polar surface area (TPSA) is 33.4 Å². The highest BCUT2D eigenvalue weighted by Crippen LogP contribution is 2.36. The largest absolute Gasteiger partial charge is 0.349 e. The van der Waals surface area contributed by atoms with Gasteiger partial charge in [0.15, 0.2) is 5.65 Å². The van der Waals surface area contributed by atoms with Crippen molar-refractivity contribution in [3.8, 4) is 0 Å². The Kier molecular flexibility index (Phi) is 2.77. The Morgan fingerprint density at radius 2 is 2.18 bits per heavy atom. The van der Waals surface area contributed by atoms with Gasteiger partial charge in [-0.2, -0.15) is 5.10 Å². The third-order valence-corrected chi connectivity index (χ3v) is 4.04. The average molecular weight is 301 g/mol. The molecule has 112 valence electrons. The van der Waals surface area contributed by atoms with Crippen LogP contribution >= 0.6 is 0 Å². The summed E-state index contributed by atoms with van der Waals surface area (Å²) in [5.74, 6) is -0.200. The predicted octanol–water partition coefficient (Wildman–Crippen LogP) is 3.35. The van der Waals surface area contributed by atoms with Crippen LogP contribution in [-0.4, -0.2) is 21.1 Å². The predicted molar refractivity (Wildman–Crippen MR) is 78.7 cm³/mol. The molecule has 2 aromatic heterocycles. The number of rotatable bonds is 2. The van der Waals surface area contributed by atoms with Crippen molar-refractivity contribution >= 4 is 11.5 Å². The number of benzene rings is 1. The van der Waals surface area contributed by atoms with Gasteiger partial charge < -0.3 is 4.90 Å². The van der Waals surface area contributed by atoms with E-state index < -0.39 is 11.6 Å². The minimum absolute atomic E-state index is 0.236. The molecule has 22 heavy (non-hydrogen) atoms. The highest BCUT2D eigenvalue weighted by molar-refractivity contribution is 5.50. The molecule has 0 unspecified atom stereocenters. The van der Waals surface area contributed by atoms with Crippen molar-refractivity contribution in [3.05, 3.63) is 59.9 Å². The third-order valence-electron chi connectivity index (χ3n) is 4.04. The van der Waals surface area contributed by atoms with Crippen LogP contribution < -0.4 is 4.90 Å². The Bertz CT molecular complexity index is 880. The molecule has 1 aliphatic rings. The summed E-state index contributed by atoms with van der Waals surface area (Å²) in [4.78, 5) is 6.43. The summed E-state index contributed by atoms with van der Waals surface area (Å²) in [5.41, 5.74) is 0.802. The summed E-state index contributed by atoms with van der Waals surface area (Å²) < 4.78 is 37.0. The highest BCUT2D eigenvalue weighted by Gasteiger charge is 2.29. The molecule has 3 aromatic rings. The summed E-state index contributed by atoms with van der Waals surface area (Å²) in [5, 5.41) is 4.03. The summed E-state index contributed by atoms with van der Waals surface area (Å²) in [6.45, 7) is 0.714. The van der Waals surface area contributed by atoms with Crippen LogP contribution in [0.2, 0.25) is 0 Å². The Hall–Kier alpha value is -2.50. The Morgan fingerprint density at radius 3 is 3.09 bits per heavy atom. The van der Waals surface area contributed by atoms with Crippen LogP contribution in [0.25, 0.3) is 5.65 Å². The standard InChI is InChI=1S/C16H14F2N4/c17-11-3-4-13(18)12(10-11)14-2-1-8-21(14)15-6-9-22-16(20-15)5-7-19-22/h3-7,9-10,14H,1-2,8H2/t14-/m1/s1/i5D. The van der Waals surface area contributed by atoms with E-state index >= 15 is 0 Å². The first-order chi connectivity index (χ1) is 11.1. The minimum atomic E-state index is -0.444. The smallest absolute Gasteiger partial charge is 0.157 e. The lowest BCUT2D eigenvalue weighted by molar-refractivity contribution is 0.560. The molecule has 0 saturated carbocycles. The summed E-state index contributed by atoms with van der Waals surface area (Å²) in [6, 6.07) is 5.32. The van der Waals surface area contributed by atoms with Gasteiger partial charge in [0.1, 0.15) is 17.5 Å². The van der Waals surface area contributed by atoms with Gasteiger partial charge in [-0.05, 0) is 37.1 Å². The van der Waals surface area contributed by atoms with E-state index in [9.17, 15) is 8.78 Å². The number of anilines is 1. The van der Waals surface area contributed by atoms with Crippen LogP contribution in [-0.2, 0) is 0 Å². The van der Waals surface area contributed by atoms with Crippen LogP contribution in [0.1, 0.15) is 25.8 Å². The molecule has 4 nitrogen and oxygen atoms in total. The van der Waals surface area contributed by atoms with Gasteiger partial charge in [0, 0.05) is 24.3 Å². The second-order valence-corrected chi connectivity index (χ2v) is 5.36. The number of nitrogens with zero attached hydrogens (tertiary/aromatic N) is 4. The summed E-state index contributed by atoms with van der Waals surface area (Å²) in [7, 11) is 0. The molecule has 4 rings (SSSR count). The van der Waals surface area contributed by atoms with Crippen LogP contribution in [0.5, 0.6) is 0 Å². The number of fused-ring (bicyclic) bond motifs is 1. The van der Waals surface area contributed by atoms with Crippen LogP contribution in [0.4, 0.5) is 14.6 Å². The van der Waals surface area contributed by atoms with Crippen molar-refractivity contribution in [2.75, 3.05) is 11.4 Å². The van der Waals surface area contributed by atoms with Gasteiger partial charge in [-0.25, -0.2) is 18.3 Å². The first-order valence-corrected chi connectivity index (χ1v) is 7.16. The molecule has 1 atom stereocenters. The summed E-state index contributed by atoms with van der Waals surface area (Å²) in [6.07, 6.45) is 4.77. The fraction of sp³-hybridized carbons (Fsp3) is 0.250. The molecule has 6 heteroatoms. The van der Waals surface area contributed by atoms with Crippen molar-refractivity contribution in [1.82, 2.24) is 14.6 Å². The Labute approximate surface area is 127 Å². The van der Waals surface area contributed by atoms with Crippen molar-refractivity contribution in [2.24, 2.45) is 0 Å². The minimum Gasteiger partial charge on any atom is -0.349 e. The van der Waals surface area contributed by atoms with Gasteiger partial charge in [0.2, 0.25) is 0 Å². The molecule has 0 N–H and O–H groups in total. The highest BCUT2D eigenvalue weighted by atomic mass is 19.1. The molecule has 1 fully saturated rings. The lowest BCUT2D eigenvalue weighted by atomic mass is 10.0. The van der Waals surface area contributed by atoms with E-state index in [-0.39, 0.29) is 12.1 Å². The van der Waals surface area contributed by atoms with Gasteiger partial charge in [0.25, 0.3) is 0 Å². The second-order valence-electron chi connectivity index (χ2n) is 5.36. The van der Waals surface area contributed by atoms with Crippen LogP contribution in [0.15, 0.2) is 42.7 Å². The second kappa shape index (κ2) is 5.05. The van der Waals surface area contributed by atoms with Gasteiger partial charge in [-0.1, -0.05) is 0 Å². The summed E-state index contributed by atoms with van der Waals surface area (Å²) >= 11 is 0. The van der Waals surface area contributed by atoms with Crippen LogP contribution in [0.3, 0.4) is 0 Å². The fourth-order valence-electron chi connectivity index (χ4n) is 3.04. The maximum Gasteiger partial charge on any atom is 0.157 e. The number of halogens is 2. The van der Waals surface area contributed by atoms with E-state index in [2.05, 4.69) is 10.1 Å². The van der Waals surface area contributed by atoms with E-state index in [1.807, 2.05) is 4.90 Å². The van der Waals surface area contributed by atoms with Gasteiger partial charge >= 0.3 is 0 Å². The Morgan fingerprint density at radius 1 is 1.27 bits per heavy atom. The molecule has 0 radical (unpaired) electrons. The first-order valence-electron chi connectivity index (χ1n) is 7.66. The number of aromatic nitrogens is 3. The quantitative estimate of drug-likeness (QED) is 0.728. The first kappa shape index (κ1) is 12.1. The SMILES string of the molecule is [2H]c1cnn2ccc(N3CCC[C@@H]3c3cc(F)ccc3F)nc12. The van der Waals surface area contributed by atoms with Crippen molar-refractivity contribution in [1.29, 1.82) is 0 Å². The average Bonchev–Trinajstić information content (AvgIpc) is 3.17. The molecule has 1 aromatic carbocycles. The lowest BCUT2D eigenvalue weighted by Crippen LogP contribution is -2.24. The molecule has 1 aliphatic heterocycles. The molecule has 3 heterocycles. The zero-order valence-corrected chi connectivity index (χ0v) is 11.7. The molecule has 0 aliphatic carbocycles. The normalized spacial score (nSPS) is 18.9. The molecule has 1 saturated heterocycles. The van der Waals surface area contributed by atoms with E-state index in [1.54, 1.807) is 12.3 Å². The Balaban J connectivity index is 1.76. The monoisotopic (exact) mass is 301 g/mol. The maximum atomic E-state index is 14.1. The zero-order valence-electron chi connectivity index (χ0n) is 12.7. The van der Waals surface area contributed by atoms with E-state index in [4.69, 9.17) is 1.37 Å². The molecule has 0 bridgehead atoms. The van der Waals surface area contributed by atoms with Gasteiger partial charge in [-0.3, -0.25) is 0 Å². The molecule has 0 spiro atoms. The third kappa shape index (κ3) is 2.11. The molecular formula is C16H14F2N4. The van der Waals surface area contributed by atoms with Gasteiger partial charge in [0.05, 0.1) is 13.6 Å². The van der Waals surface area contributed by atoms with E-state index in [0.717, 1.165) is 25.0 Å². The molecule has 0 amide bonds. The van der Waals surface area contributed by atoms with Crippen molar-refractivity contribution in [3.63, 3.8) is 0 Å². The number of hydrogen-bond donors (Lipinski definition) is 0. The lowest BCUT2D eigenvalue weighted by Gasteiger charge is -2.26.